The molecule has 0 saturated heterocycles. The molecule has 1 aromatic heterocycles. The van der Waals surface area contributed by atoms with Crippen LogP contribution in [0.15, 0.2) is 0 Å². The molecule has 2 heterocycles. The van der Waals surface area contributed by atoms with E-state index in [1.165, 1.54) is 43.4 Å². The fourth-order valence-electron chi connectivity index (χ4n) is 3.18. The van der Waals surface area contributed by atoms with Crippen LogP contribution in [0.3, 0.4) is 0 Å². The summed E-state index contributed by atoms with van der Waals surface area (Å²) in [6.07, 6.45) is 8.57. The van der Waals surface area contributed by atoms with Gasteiger partial charge >= 0.3 is 0 Å². The van der Waals surface area contributed by atoms with E-state index in [1.807, 2.05) is 0 Å². The minimum atomic E-state index is 0.569. The molecule has 3 rings (SSSR count). The normalized spacial score (nSPS) is 19.6. The number of nitrogens with zero attached hydrogens (tertiary/aromatic N) is 2. The van der Waals surface area contributed by atoms with Gasteiger partial charge in [0.05, 0.1) is 18.9 Å². The molecular weight excluding hydrogens is 250 g/mol. The van der Waals surface area contributed by atoms with Gasteiger partial charge in [-0.1, -0.05) is 26.2 Å². The Balaban J connectivity index is 1.89. The van der Waals surface area contributed by atoms with E-state index in [4.69, 9.17) is 14.7 Å². The molecule has 1 fully saturated rings. The molecule has 1 aromatic rings. The quantitative estimate of drug-likeness (QED) is 0.914. The van der Waals surface area contributed by atoms with Crippen molar-refractivity contribution in [3.8, 4) is 0 Å². The summed E-state index contributed by atoms with van der Waals surface area (Å²) >= 11 is 0. The summed E-state index contributed by atoms with van der Waals surface area (Å²) in [6.45, 7) is 4.60. The van der Waals surface area contributed by atoms with E-state index >= 15 is 0 Å². The van der Waals surface area contributed by atoms with E-state index in [2.05, 4.69) is 12.2 Å². The number of ether oxygens (including phenoxy) is 1. The van der Waals surface area contributed by atoms with Crippen LogP contribution in [-0.2, 0) is 17.8 Å². The monoisotopic (exact) mass is 275 g/mol. The smallest absolute Gasteiger partial charge is 0.135 e. The van der Waals surface area contributed by atoms with Gasteiger partial charge in [0.15, 0.2) is 0 Å². The molecule has 20 heavy (non-hydrogen) atoms. The molecule has 0 unspecified atom stereocenters. The number of rotatable bonds is 4. The van der Waals surface area contributed by atoms with E-state index < -0.39 is 0 Å². The maximum atomic E-state index is 5.58. The Kier molecular flexibility index (Phi) is 4.51. The van der Waals surface area contributed by atoms with Gasteiger partial charge in [0.2, 0.25) is 0 Å². The van der Waals surface area contributed by atoms with Gasteiger partial charge in [-0.2, -0.15) is 0 Å². The lowest BCUT2D eigenvalue weighted by atomic mass is 9.88. The standard InChI is InChI=1S/C16H25N3O/c1-2-9-17-16-13-11-20-10-8-14(13)18-15(19-16)12-6-4-3-5-7-12/h12H,2-11H2,1H3,(H,17,18,19). The average molecular weight is 275 g/mol. The summed E-state index contributed by atoms with van der Waals surface area (Å²) < 4.78 is 5.58. The van der Waals surface area contributed by atoms with E-state index in [0.29, 0.717) is 12.5 Å². The van der Waals surface area contributed by atoms with Crippen molar-refractivity contribution in [2.24, 2.45) is 0 Å². The predicted octanol–water partition coefficient (Wildman–Crippen LogP) is 3.42. The van der Waals surface area contributed by atoms with Gasteiger partial charge in [-0.05, 0) is 19.3 Å². The molecular formula is C16H25N3O. The zero-order chi connectivity index (χ0) is 13.8. The fraction of sp³-hybridized carbons (Fsp3) is 0.750. The third-order valence-corrected chi connectivity index (χ3v) is 4.35. The molecule has 0 radical (unpaired) electrons. The molecule has 0 spiro atoms. The Morgan fingerprint density at radius 1 is 1.20 bits per heavy atom. The molecule has 0 bridgehead atoms. The second kappa shape index (κ2) is 6.53. The highest BCUT2D eigenvalue weighted by Gasteiger charge is 2.23. The first-order valence-corrected chi connectivity index (χ1v) is 8.09. The number of hydrogen-bond acceptors (Lipinski definition) is 4. The molecule has 0 amide bonds. The van der Waals surface area contributed by atoms with Crippen LogP contribution in [0, 0.1) is 0 Å². The Morgan fingerprint density at radius 2 is 2.05 bits per heavy atom. The van der Waals surface area contributed by atoms with Crippen LogP contribution in [0.25, 0.3) is 0 Å². The minimum absolute atomic E-state index is 0.569. The third-order valence-electron chi connectivity index (χ3n) is 4.35. The number of nitrogens with one attached hydrogen (secondary N) is 1. The lowest BCUT2D eigenvalue weighted by molar-refractivity contribution is 0.109. The van der Waals surface area contributed by atoms with Crippen molar-refractivity contribution >= 4 is 5.82 Å². The van der Waals surface area contributed by atoms with Crippen LogP contribution in [0.1, 0.15) is 68.4 Å². The molecule has 0 atom stereocenters. The van der Waals surface area contributed by atoms with E-state index in [1.54, 1.807) is 0 Å². The number of hydrogen-bond donors (Lipinski definition) is 1. The Bertz CT molecular complexity index is 455. The third kappa shape index (κ3) is 2.95. The maximum absolute atomic E-state index is 5.58. The SMILES string of the molecule is CCCNc1nc(C2CCCCC2)nc2c1COCC2. The number of fused-ring (bicyclic) bond motifs is 1. The summed E-state index contributed by atoms with van der Waals surface area (Å²) in [6, 6.07) is 0. The second-order valence-electron chi connectivity index (χ2n) is 5.92. The summed E-state index contributed by atoms with van der Waals surface area (Å²) in [7, 11) is 0. The van der Waals surface area contributed by atoms with Crippen molar-refractivity contribution in [1.82, 2.24) is 9.97 Å². The molecule has 1 N–H and O–H groups in total. The topological polar surface area (TPSA) is 47.0 Å². The highest BCUT2D eigenvalue weighted by atomic mass is 16.5. The van der Waals surface area contributed by atoms with Crippen molar-refractivity contribution < 1.29 is 4.74 Å². The summed E-state index contributed by atoms with van der Waals surface area (Å²) in [4.78, 5) is 9.72. The van der Waals surface area contributed by atoms with Crippen LogP contribution in [0.2, 0.25) is 0 Å². The highest BCUT2D eigenvalue weighted by molar-refractivity contribution is 5.47. The molecule has 1 aliphatic heterocycles. The van der Waals surface area contributed by atoms with E-state index in [-0.39, 0.29) is 0 Å². The van der Waals surface area contributed by atoms with Crippen LogP contribution in [0.5, 0.6) is 0 Å². The number of aromatic nitrogens is 2. The Labute approximate surface area is 121 Å². The largest absolute Gasteiger partial charge is 0.376 e. The van der Waals surface area contributed by atoms with Crippen molar-refractivity contribution in [2.45, 2.75) is 64.4 Å². The van der Waals surface area contributed by atoms with Crippen molar-refractivity contribution in [3.63, 3.8) is 0 Å². The average Bonchev–Trinajstić information content (AvgIpc) is 2.53. The Hall–Kier alpha value is -1.16. The lowest BCUT2D eigenvalue weighted by Crippen LogP contribution is -2.20. The maximum Gasteiger partial charge on any atom is 0.135 e. The molecule has 0 aromatic carbocycles. The van der Waals surface area contributed by atoms with E-state index in [9.17, 15) is 0 Å². The van der Waals surface area contributed by atoms with Crippen molar-refractivity contribution in [1.29, 1.82) is 0 Å². The summed E-state index contributed by atoms with van der Waals surface area (Å²) in [5.41, 5.74) is 2.40. The first-order valence-electron chi connectivity index (χ1n) is 8.09. The van der Waals surface area contributed by atoms with Gasteiger partial charge in [-0.25, -0.2) is 9.97 Å². The molecule has 110 valence electrons. The van der Waals surface area contributed by atoms with Crippen LogP contribution in [0.4, 0.5) is 5.82 Å². The van der Waals surface area contributed by atoms with Gasteiger partial charge in [0.1, 0.15) is 11.6 Å². The number of anilines is 1. The fourth-order valence-corrected chi connectivity index (χ4v) is 3.18. The molecule has 1 aliphatic carbocycles. The summed E-state index contributed by atoms with van der Waals surface area (Å²) in [5, 5.41) is 3.47. The minimum Gasteiger partial charge on any atom is -0.376 e. The molecule has 4 heteroatoms. The van der Waals surface area contributed by atoms with E-state index in [0.717, 1.165) is 37.6 Å². The first-order chi connectivity index (χ1) is 9.88. The first kappa shape index (κ1) is 13.8. The van der Waals surface area contributed by atoms with Crippen molar-refractivity contribution in [3.05, 3.63) is 17.1 Å². The van der Waals surface area contributed by atoms with Gasteiger partial charge in [-0.3, -0.25) is 0 Å². The van der Waals surface area contributed by atoms with Gasteiger partial charge in [0, 0.05) is 24.4 Å². The van der Waals surface area contributed by atoms with Gasteiger partial charge in [0.25, 0.3) is 0 Å². The zero-order valence-corrected chi connectivity index (χ0v) is 12.5. The zero-order valence-electron chi connectivity index (χ0n) is 12.5. The predicted molar refractivity (Wildman–Crippen MR) is 80.0 cm³/mol. The molecule has 4 nitrogen and oxygen atoms in total. The summed E-state index contributed by atoms with van der Waals surface area (Å²) in [5.74, 6) is 2.67. The van der Waals surface area contributed by atoms with Crippen LogP contribution in [-0.4, -0.2) is 23.1 Å². The molecule has 1 saturated carbocycles. The Morgan fingerprint density at radius 3 is 2.85 bits per heavy atom. The van der Waals surface area contributed by atoms with Crippen LogP contribution < -0.4 is 5.32 Å². The molecule has 2 aliphatic rings. The van der Waals surface area contributed by atoms with Gasteiger partial charge < -0.3 is 10.1 Å². The van der Waals surface area contributed by atoms with Crippen LogP contribution >= 0.6 is 0 Å². The highest BCUT2D eigenvalue weighted by Crippen LogP contribution is 2.33. The lowest BCUT2D eigenvalue weighted by Gasteiger charge is -2.24. The second-order valence-corrected chi connectivity index (χ2v) is 5.92. The van der Waals surface area contributed by atoms with Gasteiger partial charge in [-0.15, -0.1) is 0 Å². The van der Waals surface area contributed by atoms with Crippen molar-refractivity contribution in [2.75, 3.05) is 18.5 Å².